The SMILES string of the molecule is CCCO[C@@H](C)CNC(=O)N1CCN(Cc2ccc(OC)cc2)C(=O)C1. The highest BCUT2D eigenvalue weighted by atomic mass is 16.5. The monoisotopic (exact) mass is 363 g/mol. The minimum absolute atomic E-state index is 0.0361. The summed E-state index contributed by atoms with van der Waals surface area (Å²) >= 11 is 0. The first-order chi connectivity index (χ1) is 12.5. The summed E-state index contributed by atoms with van der Waals surface area (Å²) in [5.41, 5.74) is 1.04. The van der Waals surface area contributed by atoms with Crippen molar-refractivity contribution in [3.63, 3.8) is 0 Å². The molecule has 0 bridgehead atoms. The summed E-state index contributed by atoms with van der Waals surface area (Å²) in [6.45, 7) is 6.79. The van der Waals surface area contributed by atoms with Gasteiger partial charge < -0.3 is 24.6 Å². The van der Waals surface area contributed by atoms with Crippen molar-refractivity contribution in [1.29, 1.82) is 0 Å². The fourth-order valence-electron chi connectivity index (χ4n) is 2.72. The molecular formula is C19H29N3O4. The zero-order chi connectivity index (χ0) is 18.9. The number of piperazine rings is 1. The molecule has 144 valence electrons. The second-order valence-electron chi connectivity index (χ2n) is 6.45. The van der Waals surface area contributed by atoms with E-state index in [4.69, 9.17) is 9.47 Å². The number of methoxy groups -OCH3 is 1. The Morgan fingerprint density at radius 2 is 2.00 bits per heavy atom. The van der Waals surface area contributed by atoms with E-state index in [-0.39, 0.29) is 24.6 Å². The van der Waals surface area contributed by atoms with Gasteiger partial charge >= 0.3 is 6.03 Å². The second kappa shape index (κ2) is 10.0. The Bertz CT molecular complexity index is 591. The van der Waals surface area contributed by atoms with Gasteiger partial charge in [0.15, 0.2) is 0 Å². The third-order valence-corrected chi connectivity index (χ3v) is 4.29. The lowest BCUT2D eigenvalue weighted by Crippen LogP contribution is -2.54. The van der Waals surface area contributed by atoms with E-state index in [1.54, 1.807) is 16.9 Å². The number of carbonyl (C=O) groups excluding carboxylic acids is 2. The number of nitrogens with zero attached hydrogens (tertiary/aromatic N) is 2. The van der Waals surface area contributed by atoms with Gasteiger partial charge in [0.05, 0.1) is 13.2 Å². The Balaban J connectivity index is 1.77. The summed E-state index contributed by atoms with van der Waals surface area (Å²) in [5, 5.41) is 2.84. The Morgan fingerprint density at radius 1 is 1.27 bits per heavy atom. The molecule has 1 N–H and O–H groups in total. The molecule has 0 aliphatic carbocycles. The van der Waals surface area contributed by atoms with Crippen LogP contribution in [0.1, 0.15) is 25.8 Å². The smallest absolute Gasteiger partial charge is 0.318 e. The fraction of sp³-hybridized carbons (Fsp3) is 0.579. The van der Waals surface area contributed by atoms with Crippen LogP contribution in [0.2, 0.25) is 0 Å². The fourth-order valence-corrected chi connectivity index (χ4v) is 2.72. The highest BCUT2D eigenvalue weighted by Crippen LogP contribution is 2.14. The molecule has 0 radical (unpaired) electrons. The standard InChI is InChI=1S/C19H29N3O4/c1-4-11-26-15(2)12-20-19(24)22-10-9-21(18(23)14-22)13-16-5-7-17(25-3)8-6-16/h5-8,15H,4,9-14H2,1-3H3,(H,20,24)/t15-/m0/s1. The topological polar surface area (TPSA) is 71.1 Å². The zero-order valence-corrected chi connectivity index (χ0v) is 15.9. The van der Waals surface area contributed by atoms with Gasteiger partial charge in [0.25, 0.3) is 0 Å². The van der Waals surface area contributed by atoms with Crippen molar-refractivity contribution in [2.24, 2.45) is 0 Å². The summed E-state index contributed by atoms with van der Waals surface area (Å²) in [7, 11) is 1.62. The van der Waals surface area contributed by atoms with Crippen LogP contribution >= 0.6 is 0 Å². The van der Waals surface area contributed by atoms with Gasteiger partial charge in [0, 0.05) is 32.8 Å². The van der Waals surface area contributed by atoms with Crippen molar-refractivity contribution >= 4 is 11.9 Å². The van der Waals surface area contributed by atoms with E-state index in [2.05, 4.69) is 5.32 Å². The number of hydrogen-bond donors (Lipinski definition) is 1. The Morgan fingerprint density at radius 3 is 2.62 bits per heavy atom. The largest absolute Gasteiger partial charge is 0.497 e. The first kappa shape index (κ1) is 20.0. The lowest BCUT2D eigenvalue weighted by Gasteiger charge is -2.34. The molecular weight excluding hydrogens is 334 g/mol. The second-order valence-corrected chi connectivity index (χ2v) is 6.45. The Labute approximate surface area is 155 Å². The minimum atomic E-state index is -0.214. The average molecular weight is 363 g/mol. The number of hydrogen-bond acceptors (Lipinski definition) is 4. The number of rotatable bonds is 8. The third kappa shape index (κ3) is 5.91. The van der Waals surface area contributed by atoms with E-state index in [0.29, 0.717) is 32.8 Å². The van der Waals surface area contributed by atoms with Crippen molar-refractivity contribution in [2.75, 3.05) is 39.9 Å². The highest BCUT2D eigenvalue weighted by molar-refractivity contribution is 5.85. The van der Waals surface area contributed by atoms with Gasteiger partial charge in [-0.25, -0.2) is 4.79 Å². The van der Waals surface area contributed by atoms with Crippen LogP contribution in [0, 0.1) is 0 Å². The normalized spacial score (nSPS) is 15.7. The maximum atomic E-state index is 12.4. The summed E-state index contributed by atoms with van der Waals surface area (Å²) in [5.74, 6) is 0.746. The van der Waals surface area contributed by atoms with Crippen LogP contribution in [-0.4, -0.2) is 67.7 Å². The molecule has 1 aromatic rings. The lowest BCUT2D eigenvalue weighted by atomic mass is 10.2. The third-order valence-electron chi connectivity index (χ3n) is 4.29. The van der Waals surface area contributed by atoms with E-state index in [1.165, 1.54) is 0 Å². The molecule has 0 aromatic heterocycles. The van der Waals surface area contributed by atoms with Crippen LogP contribution in [0.15, 0.2) is 24.3 Å². The molecule has 1 aliphatic rings. The minimum Gasteiger partial charge on any atom is -0.497 e. The molecule has 0 unspecified atom stereocenters. The maximum absolute atomic E-state index is 12.4. The number of nitrogens with one attached hydrogen (secondary N) is 1. The van der Waals surface area contributed by atoms with Crippen molar-refractivity contribution in [2.45, 2.75) is 32.9 Å². The Hall–Kier alpha value is -2.28. The van der Waals surface area contributed by atoms with Crippen LogP contribution in [0.3, 0.4) is 0 Å². The van der Waals surface area contributed by atoms with Crippen LogP contribution in [0.5, 0.6) is 5.75 Å². The maximum Gasteiger partial charge on any atom is 0.318 e. The molecule has 1 heterocycles. The van der Waals surface area contributed by atoms with Gasteiger partial charge in [-0.2, -0.15) is 0 Å². The molecule has 1 aromatic carbocycles. The molecule has 3 amide bonds. The predicted octanol–water partition coefficient (Wildman–Crippen LogP) is 1.86. The quantitative estimate of drug-likeness (QED) is 0.765. The molecule has 1 atom stereocenters. The average Bonchev–Trinajstić information content (AvgIpc) is 2.66. The van der Waals surface area contributed by atoms with E-state index < -0.39 is 0 Å². The number of urea groups is 1. The summed E-state index contributed by atoms with van der Waals surface area (Å²) in [4.78, 5) is 27.9. The van der Waals surface area contributed by atoms with Crippen LogP contribution in [0.25, 0.3) is 0 Å². The Kier molecular flexibility index (Phi) is 7.72. The van der Waals surface area contributed by atoms with Crippen molar-refractivity contribution in [3.8, 4) is 5.75 Å². The molecule has 26 heavy (non-hydrogen) atoms. The van der Waals surface area contributed by atoms with Crippen molar-refractivity contribution < 1.29 is 19.1 Å². The van der Waals surface area contributed by atoms with Crippen molar-refractivity contribution in [3.05, 3.63) is 29.8 Å². The molecule has 7 nitrogen and oxygen atoms in total. The highest BCUT2D eigenvalue weighted by Gasteiger charge is 2.27. The first-order valence-corrected chi connectivity index (χ1v) is 9.08. The molecule has 0 spiro atoms. The first-order valence-electron chi connectivity index (χ1n) is 9.08. The molecule has 1 aliphatic heterocycles. The van der Waals surface area contributed by atoms with Crippen LogP contribution in [-0.2, 0) is 16.1 Å². The van der Waals surface area contributed by atoms with Gasteiger partial charge in [-0.3, -0.25) is 4.79 Å². The summed E-state index contributed by atoms with van der Waals surface area (Å²) in [6, 6.07) is 7.44. The number of benzene rings is 1. The molecule has 0 saturated carbocycles. The van der Waals surface area contributed by atoms with E-state index in [9.17, 15) is 9.59 Å². The predicted molar refractivity (Wildman–Crippen MR) is 99.1 cm³/mol. The van der Waals surface area contributed by atoms with Gasteiger partial charge in [-0.05, 0) is 31.0 Å². The van der Waals surface area contributed by atoms with Crippen molar-refractivity contribution in [1.82, 2.24) is 15.1 Å². The lowest BCUT2D eigenvalue weighted by molar-refractivity contribution is -0.135. The number of amides is 3. The van der Waals surface area contributed by atoms with Crippen LogP contribution < -0.4 is 10.1 Å². The van der Waals surface area contributed by atoms with Gasteiger partial charge in [0.2, 0.25) is 5.91 Å². The van der Waals surface area contributed by atoms with E-state index >= 15 is 0 Å². The number of carbonyl (C=O) groups is 2. The summed E-state index contributed by atoms with van der Waals surface area (Å²) in [6.07, 6.45) is 0.911. The van der Waals surface area contributed by atoms with Gasteiger partial charge in [-0.1, -0.05) is 19.1 Å². The molecule has 7 heteroatoms. The molecule has 2 rings (SSSR count). The molecule has 1 saturated heterocycles. The van der Waals surface area contributed by atoms with Gasteiger partial charge in [-0.15, -0.1) is 0 Å². The number of ether oxygens (including phenoxy) is 2. The van der Waals surface area contributed by atoms with Gasteiger partial charge in [0.1, 0.15) is 12.3 Å². The summed E-state index contributed by atoms with van der Waals surface area (Å²) < 4.78 is 10.7. The van der Waals surface area contributed by atoms with E-state index in [0.717, 1.165) is 17.7 Å². The van der Waals surface area contributed by atoms with E-state index in [1.807, 2.05) is 38.1 Å². The zero-order valence-electron chi connectivity index (χ0n) is 15.9. The molecule has 1 fully saturated rings. The van der Waals surface area contributed by atoms with Crippen LogP contribution in [0.4, 0.5) is 4.79 Å².